The molecule has 1 aliphatic carbocycles. The van der Waals surface area contributed by atoms with Crippen molar-refractivity contribution in [3.05, 3.63) is 22.8 Å². The van der Waals surface area contributed by atoms with Crippen LogP contribution >= 0.6 is 11.6 Å². The van der Waals surface area contributed by atoms with Crippen LogP contribution in [0, 0.1) is 0 Å². The Bertz CT molecular complexity index is 470. The van der Waals surface area contributed by atoms with Crippen molar-refractivity contribution < 1.29 is 4.79 Å². The Morgan fingerprint density at radius 1 is 1.26 bits per heavy atom. The fourth-order valence-electron chi connectivity index (χ4n) is 2.52. The van der Waals surface area contributed by atoms with E-state index in [0.717, 1.165) is 5.82 Å². The molecule has 1 aromatic rings. The highest BCUT2D eigenvalue weighted by Crippen LogP contribution is 2.27. The van der Waals surface area contributed by atoms with Crippen LogP contribution in [-0.4, -0.2) is 43.0 Å². The van der Waals surface area contributed by atoms with Gasteiger partial charge in [0, 0.05) is 32.7 Å². The summed E-state index contributed by atoms with van der Waals surface area (Å²) in [5, 5.41) is 0.368. The first-order valence-electron chi connectivity index (χ1n) is 6.61. The molecule has 1 saturated carbocycles. The molecule has 0 atom stereocenters. The molecule has 0 saturated heterocycles. The van der Waals surface area contributed by atoms with Gasteiger partial charge in [0.25, 0.3) is 5.91 Å². The van der Waals surface area contributed by atoms with Crippen LogP contribution in [0.4, 0.5) is 5.82 Å². The maximum Gasteiger partial charge on any atom is 0.253 e. The van der Waals surface area contributed by atoms with Gasteiger partial charge in [0.15, 0.2) is 0 Å². The second-order valence-electron chi connectivity index (χ2n) is 5.29. The Hall–Kier alpha value is -1.29. The van der Waals surface area contributed by atoms with Crippen LogP contribution < -0.4 is 4.90 Å². The smallest absolute Gasteiger partial charge is 0.253 e. The molecule has 1 amide bonds. The fraction of sp³-hybridized carbons (Fsp3) is 0.571. The highest BCUT2D eigenvalue weighted by atomic mass is 35.5. The van der Waals surface area contributed by atoms with E-state index in [2.05, 4.69) is 9.88 Å². The quantitative estimate of drug-likeness (QED) is 0.800. The van der Waals surface area contributed by atoms with Gasteiger partial charge in [0.2, 0.25) is 0 Å². The number of nitrogens with zero attached hydrogens (tertiary/aromatic N) is 3. The molecule has 0 aromatic carbocycles. The minimum Gasteiger partial charge on any atom is -0.357 e. The summed E-state index contributed by atoms with van der Waals surface area (Å²) in [6.45, 7) is 0. The molecule has 1 aromatic heterocycles. The summed E-state index contributed by atoms with van der Waals surface area (Å²) in [6, 6.07) is 3.95. The number of hydrogen-bond acceptors (Lipinski definition) is 3. The SMILES string of the molecule is CN(C)C(=O)c1cc(Cl)nc(N(C)C2CCCC2)c1. The van der Waals surface area contributed by atoms with Gasteiger partial charge in [-0.05, 0) is 25.0 Å². The predicted molar refractivity (Wildman–Crippen MR) is 77.9 cm³/mol. The van der Waals surface area contributed by atoms with Crippen molar-refractivity contribution in [1.29, 1.82) is 0 Å². The Balaban J connectivity index is 2.27. The molecule has 1 fully saturated rings. The van der Waals surface area contributed by atoms with Crippen molar-refractivity contribution in [3.63, 3.8) is 0 Å². The molecule has 0 aliphatic heterocycles. The van der Waals surface area contributed by atoms with Gasteiger partial charge >= 0.3 is 0 Å². The van der Waals surface area contributed by atoms with Crippen molar-refractivity contribution in [1.82, 2.24) is 9.88 Å². The zero-order valence-electron chi connectivity index (χ0n) is 11.7. The highest BCUT2D eigenvalue weighted by Gasteiger charge is 2.22. The summed E-state index contributed by atoms with van der Waals surface area (Å²) >= 11 is 6.04. The number of halogens is 1. The van der Waals surface area contributed by atoms with Crippen molar-refractivity contribution in [3.8, 4) is 0 Å². The van der Waals surface area contributed by atoms with Gasteiger partial charge in [-0.3, -0.25) is 4.79 Å². The molecule has 1 aliphatic rings. The summed E-state index contributed by atoms with van der Waals surface area (Å²) < 4.78 is 0. The van der Waals surface area contributed by atoms with Crippen molar-refractivity contribution in [2.75, 3.05) is 26.0 Å². The monoisotopic (exact) mass is 281 g/mol. The summed E-state index contributed by atoms with van der Waals surface area (Å²) in [7, 11) is 5.49. The third-order valence-corrected chi connectivity index (χ3v) is 3.86. The third kappa shape index (κ3) is 3.18. The van der Waals surface area contributed by atoms with Gasteiger partial charge < -0.3 is 9.80 Å². The van der Waals surface area contributed by atoms with E-state index in [1.165, 1.54) is 25.7 Å². The Labute approximate surface area is 119 Å². The van der Waals surface area contributed by atoms with Crippen LogP contribution in [0.25, 0.3) is 0 Å². The number of carbonyl (C=O) groups excluding carboxylic acids is 1. The van der Waals surface area contributed by atoms with E-state index < -0.39 is 0 Å². The van der Waals surface area contributed by atoms with Crippen molar-refractivity contribution in [2.24, 2.45) is 0 Å². The summed E-state index contributed by atoms with van der Waals surface area (Å²) in [6.07, 6.45) is 4.89. The average Bonchev–Trinajstić information content (AvgIpc) is 2.89. The van der Waals surface area contributed by atoms with E-state index in [-0.39, 0.29) is 5.91 Å². The zero-order valence-corrected chi connectivity index (χ0v) is 12.4. The number of amides is 1. The van der Waals surface area contributed by atoms with Gasteiger partial charge in [-0.15, -0.1) is 0 Å². The molecule has 19 heavy (non-hydrogen) atoms. The topological polar surface area (TPSA) is 36.4 Å². The van der Waals surface area contributed by atoms with Crippen molar-refractivity contribution >= 4 is 23.3 Å². The second kappa shape index (κ2) is 5.78. The number of aromatic nitrogens is 1. The van der Waals surface area contributed by atoms with Gasteiger partial charge in [-0.1, -0.05) is 24.4 Å². The van der Waals surface area contributed by atoms with Crippen LogP contribution in [0.3, 0.4) is 0 Å². The van der Waals surface area contributed by atoms with E-state index in [1.54, 1.807) is 25.1 Å². The number of hydrogen-bond donors (Lipinski definition) is 0. The lowest BCUT2D eigenvalue weighted by molar-refractivity contribution is 0.0827. The van der Waals surface area contributed by atoms with E-state index >= 15 is 0 Å². The van der Waals surface area contributed by atoms with Crippen molar-refractivity contribution in [2.45, 2.75) is 31.7 Å². The minimum atomic E-state index is -0.0506. The van der Waals surface area contributed by atoms with Crippen LogP contribution in [0.2, 0.25) is 5.15 Å². The predicted octanol–water partition coefficient (Wildman–Crippen LogP) is 2.82. The first-order chi connectivity index (χ1) is 8.99. The lowest BCUT2D eigenvalue weighted by Gasteiger charge is -2.26. The molecule has 0 radical (unpaired) electrons. The molecule has 104 valence electrons. The first kappa shape index (κ1) is 14.1. The normalized spacial score (nSPS) is 15.6. The molecule has 0 unspecified atom stereocenters. The lowest BCUT2D eigenvalue weighted by atomic mass is 10.2. The summed E-state index contributed by atoms with van der Waals surface area (Å²) in [4.78, 5) is 20.0. The van der Waals surface area contributed by atoms with E-state index in [1.807, 2.05) is 13.1 Å². The van der Waals surface area contributed by atoms with Gasteiger partial charge in [0.1, 0.15) is 11.0 Å². The summed E-state index contributed by atoms with van der Waals surface area (Å²) in [5.74, 6) is 0.731. The number of carbonyl (C=O) groups is 1. The van der Waals surface area contributed by atoms with E-state index in [0.29, 0.717) is 16.8 Å². The van der Waals surface area contributed by atoms with Crippen LogP contribution in [-0.2, 0) is 0 Å². The largest absolute Gasteiger partial charge is 0.357 e. The van der Waals surface area contributed by atoms with Gasteiger partial charge in [-0.25, -0.2) is 4.98 Å². The Morgan fingerprint density at radius 3 is 2.47 bits per heavy atom. The van der Waals surface area contributed by atoms with E-state index in [4.69, 9.17) is 11.6 Å². The molecule has 4 nitrogen and oxygen atoms in total. The van der Waals surface area contributed by atoms with Crippen LogP contribution in [0.1, 0.15) is 36.0 Å². The standard InChI is InChI=1S/C14H20ClN3O/c1-17(2)14(19)10-8-12(15)16-13(9-10)18(3)11-6-4-5-7-11/h8-9,11H,4-7H2,1-3H3. The molecule has 5 heteroatoms. The van der Waals surface area contributed by atoms with Crippen LogP contribution in [0.15, 0.2) is 12.1 Å². The molecule has 0 bridgehead atoms. The minimum absolute atomic E-state index is 0.0506. The molecular formula is C14H20ClN3O. The second-order valence-corrected chi connectivity index (χ2v) is 5.67. The van der Waals surface area contributed by atoms with Crippen LogP contribution in [0.5, 0.6) is 0 Å². The van der Waals surface area contributed by atoms with E-state index in [9.17, 15) is 4.79 Å². The Kier molecular flexibility index (Phi) is 4.30. The highest BCUT2D eigenvalue weighted by molar-refractivity contribution is 6.29. The zero-order chi connectivity index (χ0) is 14.0. The number of rotatable bonds is 3. The molecule has 0 spiro atoms. The molecular weight excluding hydrogens is 262 g/mol. The fourth-order valence-corrected chi connectivity index (χ4v) is 2.73. The maximum absolute atomic E-state index is 12.0. The first-order valence-corrected chi connectivity index (χ1v) is 6.99. The Morgan fingerprint density at radius 2 is 1.89 bits per heavy atom. The molecule has 1 heterocycles. The lowest BCUT2D eigenvalue weighted by Crippen LogP contribution is -2.30. The molecule has 0 N–H and O–H groups in total. The summed E-state index contributed by atoms with van der Waals surface area (Å²) in [5.41, 5.74) is 0.588. The van der Waals surface area contributed by atoms with Gasteiger partial charge in [0.05, 0.1) is 0 Å². The third-order valence-electron chi connectivity index (χ3n) is 3.67. The average molecular weight is 282 g/mol. The molecule has 2 rings (SSSR count). The number of pyridine rings is 1. The maximum atomic E-state index is 12.0. The number of anilines is 1. The van der Waals surface area contributed by atoms with Gasteiger partial charge in [-0.2, -0.15) is 0 Å².